The Morgan fingerprint density at radius 2 is 1.79 bits per heavy atom. The van der Waals surface area contributed by atoms with Gasteiger partial charge >= 0.3 is 5.97 Å². The van der Waals surface area contributed by atoms with Gasteiger partial charge in [-0.3, -0.25) is 4.79 Å². The Balaban J connectivity index is 2.99. The summed E-state index contributed by atoms with van der Waals surface area (Å²) in [6, 6.07) is 0.211. The molecule has 0 aliphatic rings. The van der Waals surface area contributed by atoms with Gasteiger partial charge in [0.25, 0.3) is 0 Å². The van der Waals surface area contributed by atoms with Crippen molar-refractivity contribution in [1.82, 2.24) is 0 Å². The second-order valence-corrected chi connectivity index (χ2v) is 4.97. The van der Waals surface area contributed by atoms with Gasteiger partial charge in [0.05, 0.1) is 12.5 Å². The molecule has 0 bridgehead atoms. The van der Waals surface area contributed by atoms with E-state index in [-0.39, 0.29) is 12.0 Å². The number of carbonyl (C=O) groups excluding carboxylic acids is 1. The summed E-state index contributed by atoms with van der Waals surface area (Å²) in [6.45, 7) is 3.16. The summed E-state index contributed by atoms with van der Waals surface area (Å²) < 4.78 is 44.0. The van der Waals surface area contributed by atoms with Gasteiger partial charge in [0.2, 0.25) is 0 Å². The highest BCUT2D eigenvalue weighted by Gasteiger charge is 2.32. The lowest BCUT2D eigenvalue weighted by atomic mass is 9.83. The maximum atomic E-state index is 13.5. The first-order valence-electron chi connectivity index (χ1n) is 5.67. The Labute approximate surface area is 109 Å². The lowest BCUT2D eigenvalue weighted by Gasteiger charge is -2.25. The summed E-state index contributed by atoms with van der Waals surface area (Å²) in [7, 11) is 1.23. The molecule has 19 heavy (non-hydrogen) atoms. The van der Waals surface area contributed by atoms with E-state index in [1.54, 1.807) is 13.8 Å². The molecule has 0 radical (unpaired) electrons. The van der Waals surface area contributed by atoms with Crippen LogP contribution in [0.2, 0.25) is 0 Å². The van der Waals surface area contributed by atoms with Gasteiger partial charge in [0, 0.05) is 17.7 Å². The standard InChI is InChI=1S/C13H16F3NO2/c1-13(2,12(18)19-3)6-11(17)7-4-9(15)10(16)5-8(7)14/h4-5,11H,6,17H2,1-3H3. The predicted molar refractivity (Wildman–Crippen MR) is 63.7 cm³/mol. The van der Waals surface area contributed by atoms with Gasteiger partial charge in [-0.25, -0.2) is 13.2 Å². The smallest absolute Gasteiger partial charge is 0.311 e. The van der Waals surface area contributed by atoms with E-state index < -0.39 is 34.9 Å². The molecule has 0 aliphatic carbocycles. The van der Waals surface area contributed by atoms with Crippen molar-refractivity contribution in [2.75, 3.05) is 7.11 Å². The molecule has 0 aromatic heterocycles. The molecule has 2 N–H and O–H groups in total. The van der Waals surface area contributed by atoms with Crippen LogP contribution in [0.5, 0.6) is 0 Å². The summed E-state index contributed by atoms with van der Waals surface area (Å²) in [5.41, 5.74) is 4.63. The van der Waals surface area contributed by atoms with Crippen LogP contribution in [0.25, 0.3) is 0 Å². The summed E-state index contributed by atoms with van der Waals surface area (Å²) in [6.07, 6.45) is 0.0433. The van der Waals surface area contributed by atoms with Crippen molar-refractivity contribution in [3.05, 3.63) is 35.1 Å². The second-order valence-electron chi connectivity index (χ2n) is 4.97. The van der Waals surface area contributed by atoms with Crippen molar-refractivity contribution >= 4 is 5.97 Å². The first-order valence-corrected chi connectivity index (χ1v) is 5.67. The third kappa shape index (κ3) is 3.47. The Morgan fingerprint density at radius 1 is 1.26 bits per heavy atom. The van der Waals surface area contributed by atoms with E-state index in [1.165, 1.54) is 7.11 Å². The van der Waals surface area contributed by atoms with Crippen LogP contribution < -0.4 is 5.73 Å². The molecule has 6 heteroatoms. The molecule has 3 nitrogen and oxygen atoms in total. The summed E-state index contributed by atoms with van der Waals surface area (Å²) >= 11 is 0. The number of ether oxygens (including phenoxy) is 1. The summed E-state index contributed by atoms with van der Waals surface area (Å²) in [5.74, 6) is -3.90. The van der Waals surface area contributed by atoms with Crippen LogP contribution in [0.15, 0.2) is 12.1 Å². The minimum atomic E-state index is -1.28. The molecular formula is C13H16F3NO2. The van der Waals surface area contributed by atoms with E-state index in [2.05, 4.69) is 4.74 Å². The van der Waals surface area contributed by atoms with Gasteiger partial charge in [-0.05, 0) is 26.3 Å². The Kier molecular flexibility index (Phi) is 4.57. The van der Waals surface area contributed by atoms with E-state index in [4.69, 9.17) is 5.73 Å². The van der Waals surface area contributed by atoms with Crippen LogP contribution in [0.3, 0.4) is 0 Å². The van der Waals surface area contributed by atoms with Crippen LogP contribution in [-0.4, -0.2) is 13.1 Å². The second kappa shape index (κ2) is 5.61. The van der Waals surface area contributed by atoms with Crippen molar-refractivity contribution in [2.45, 2.75) is 26.3 Å². The van der Waals surface area contributed by atoms with Crippen LogP contribution in [0.1, 0.15) is 31.9 Å². The first kappa shape index (κ1) is 15.5. The van der Waals surface area contributed by atoms with E-state index in [0.717, 1.165) is 0 Å². The van der Waals surface area contributed by atoms with Gasteiger partial charge in [-0.2, -0.15) is 0 Å². The van der Waals surface area contributed by atoms with Crippen molar-refractivity contribution < 1.29 is 22.7 Å². The first-order chi connectivity index (χ1) is 8.69. The van der Waals surface area contributed by atoms with Crippen molar-refractivity contribution in [2.24, 2.45) is 11.1 Å². The van der Waals surface area contributed by atoms with Gasteiger partial charge in [0.1, 0.15) is 5.82 Å². The lowest BCUT2D eigenvalue weighted by Crippen LogP contribution is -2.30. The molecule has 1 aromatic carbocycles. The molecular weight excluding hydrogens is 259 g/mol. The number of hydrogen-bond acceptors (Lipinski definition) is 3. The molecule has 1 rings (SSSR count). The number of halogens is 3. The van der Waals surface area contributed by atoms with Crippen molar-refractivity contribution in [3.63, 3.8) is 0 Å². The zero-order valence-corrected chi connectivity index (χ0v) is 11.0. The predicted octanol–water partition coefficient (Wildman–Crippen LogP) is 2.69. The Morgan fingerprint density at radius 3 is 2.32 bits per heavy atom. The topological polar surface area (TPSA) is 52.3 Å². The molecule has 0 fully saturated rings. The number of nitrogens with two attached hydrogens (primary N) is 1. The fourth-order valence-electron chi connectivity index (χ4n) is 1.84. The van der Waals surface area contributed by atoms with Gasteiger partial charge in [0.15, 0.2) is 11.6 Å². The number of hydrogen-bond donors (Lipinski definition) is 1. The molecule has 1 aromatic rings. The molecule has 0 saturated heterocycles. The number of methoxy groups -OCH3 is 1. The number of rotatable bonds is 4. The highest BCUT2D eigenvalue weighted by molar-refractivity contribution is 5.75. The third-order valence-electron chi connectivity index (χ3n) is 2.91. The highest BCUT2D eigenvalue weighted by atomic mass is 19.2. The summed E-state index contributed by atoms with van der Waals surface area (Å²) in [4.78, 5) is 11.5. The zero-order valence-electron chi connectivity index (χ0n) is 11.0. The molecule has 0 saturated carbocycles. The van der Waals surface area contributed by atoms with E-state index in [1.807, 2.05) is 0 Å². The fraction of sp³-hybridized carbons (Fsp3) is 0.462. The van der Waals surface area contributed by atoms with Gasteiger partial charge < -0.3 is 10.5 Å². The molecule has 0 heterocycles. The molecule has 0 aliphatic heterocycles. The monoisotopic (exact) mass is 275 g/mol. The van der Waals surface area contributed by atoms with Crippen LogP contribution in [0, 0.1) is 22.9 Å². The molecule has 1 atom stereocenters. The maximum absolute atomic E-state index is 13.5. The largest absolute Gasteiger partial charge is 0.469 e. The third-order valence-corrected chi connectivity index (χ3v) is 2.91. The number of benzene rings is 1. The summed E-state index contributed by atoms with van der Waals surface area (Å²) in [5, 5.41) is 0. The SMILES string of the molecule is COC(=O)C(C)(C)CC(N)c1cc(F)c(F)cc1F. The van der Waals surface area contributed by atoms with E-state index in [0.29, 0.717) is 12.1 Å². The normalized spacial score (nSPS) is 13.2. The number of carbonyl (C=O) groups is 1. The average molecular weight is 275 g/mol. The fourth-order valence-corrected chi connectivity index (χ4v) is 1.84. The minimum Gasteiger partial charge on any atom is -0.469 e. The minimum absolute atomic E-state index is 0.0433. The highest BCUT2D eigenvalue weighted by Crippen LogP contribution is 2.31. The van der Waals surface area contributed by atoms with Crippen molar-refractivity contribution in [1.29, 1.82) is 0 Å². The Bertz CT molecular complexity index is 489. The van der Waals surface area contributed by atoms with E-state index >= 15 is 0 Å². The van der Waals surface area contributed by atoms with Gasteiger partial charge in [-0.15, -0.1) is 0 Å². The quantitative estimate of drug-likeness (QED) is 0.679. The van der Waals surface area contributed by atoms with Crippen LogP contribution >= 0.6 is 0 Å². The van der Waals surface area contributed by atoms with Crippen molar-refractivity contribution in [3.8, 4) is 0 Å². The molecule has 1 unspecified atom stereocenters. The molecule has 0 spiro atoms. The maximum Gasteiger partial charge on any atom is 0.311 e. The average Bonchev–Trinajstić information content (AvgIpc) is 2.31. The molecule has 106 valence electrons. The lowest BCUT2D eigenvalue weighted by molar-refractivity contribution is -0.151. The zero-order chi connectivity index (χ0) is 14.8. The van der Waals surface area contributed by atoms with E-state index in [9.17, 15) is 18.0 Å². The molecule has 0 amide bonds. The van der Waals surface area contributed by atoms with Crippen LogP contribution in [-0.2, 0) is 9.53 Å². The van der Waals surface area contributed by atoms with Gasteiger partial charge in [-0.1, -0.05) is 0 Å². The van der Waals surface area contributed by atoms with Crippen LogP contribution in [0.4, 0.5) is 13.2 Å². The Hall–Kier alpha value is -1.56. The number of esters is 1.